The largest absolute Gasteiger partial charge is 0.465 e. The Morgan fingerprint density at radius 1 is 0.941 bits per heavy atom. The number of carbonyl (C=O) groups is 2. The van der Waals surface area contributed by atoms with Gasteiger partial charge in [0.1, 0.15) is 11.5 Å². The van der Waals surface area contributed by atoms with Gasteiger partial charge in [-0.25, -0.2) is 9.97 Å². The SMILES string of the molecule is O=C(Nc1ccc(-c2cn3cccnc3n2)cc1)C(=Cc1ccco1)NC(=O)c1ccccc1. The van der Waals surface area contributed by atoms with Gasteiger partial charge in [-0.05, 0) is 42.5 Å². The number of carbonyl (C=O) groups excluding carboxylic acids is 2. The van der Waals surface area contributed by atoms with Crippen molar-refractivity contribution in [1.29, 1.82) is 0 Å². The lowest BCUT2D eigenvalue weighted by atomic mass is 10.1. The Hall–Kier alpha value is -4.98. The van der Waals surface area contributed by atoms with Crippen molar-refractivity contribution in [3.05, 3.63) is 115 Å². The Morgan fingerprint density at radius 3 is 2.50 bits per heavy atom. The summed E-state index contributed by atoms with van der Waals surface area (Å²) in [4.78, 5) is 34.4. The summed E-state index contributed by atoms with van der Waals surface area (Å²) in [6, 6.07) is 21.2. The maximum atomic E-state index is 13.0. The van der Waals surface area contributed by atoms with Gasteiger partial charge in [-0.3, -0.25) is 14.0 Å². The van der Waals surface area contributed by atoms with Crippen LogP contribution in [0, 0.1) is 0 Å². The van der Waals surface area contributed by atoms with Crippen molar-refractivity contribution in [1.82, 2.24) is 19.7 Å². The summed E-state index contributed by atoms with van der Waals surface area (Å²) in [5.74, 6) is 0.167. The van der Waals surface area contributed by atoms with Crippen LogP contribution >= 0.6 is 0 Å². The topological polar surface area (TPSA) is 102 Å². The van der Waals surface area contributed by atoms with E-state index >= 15 is 0 Å². The molecule has 0 aliphatic carbocycles. The molecule has 0 aliphatic rings. The quantitative estimate of drug-likeness (QED) is 0.374. The van der Waals surface area contributed by atoms with Crippen molar-refractivity contribution in [2.24, 2.45) is 0 Å². The molecule has 5 aromatic rings. The van der Waals surface area contributed by atoms with E-state index in [1.807, 2.05) is 41.1 Å². The molecule has 2 N–H and O–H groups in total. The number of nitrogens with zero attached hydrogens (tertiary/aromatic N) is 3. The zero-order chi connectivity index (χ0) is 23.3. The van der Waals surface area contributed by atoms with Crippen LogP contribution in [0.5, 0.6) is 0 Å². The maximum absolute atomic E-state index is 13.0. The highest BCUT2D eigenvalue weighted by Gasteiger charge is 2.16. The molecule has 0 aliphatic heterocycles. The van der Waals surface area contributed by atoms with E-state index < -0.39 is 11.8 Å². The third kappa shape index (κ3) is 4.61. The third-order valence-corrected chi connectivity index (χ3v) is 5.03. The van der Waals surface area contributed by atoms with Crippen LogP contribution in [0.25, 0.3) is 23.1 Å². The standard InChI is InChI=1S/C26H19N5O3/c32-24(19-6-2-1-3-7-19)29-22(16-21-8-4-15-34-21)25(33)28-20-11-9-18(10-12-20)23-17-31-14-5-13-27-26(31)30-23/h1-17H,(H,28,33)(H,29,32). The van der Waals surface area contributed by atoms with Crippen molar-refractivity contribution in [3.63, 3.8) is 0 Å². The Morgan fingerprint density at radius 2 is 1.76 bits per heavy atom. The highest BCUT2D eigenvalue weighted by molar-refractivity contribution is 6.10. The molecule has 0 saturated carbocycles. The van der Waals surface area contributed by atoms with Gasteiger partial charge in [-0.1, -0.05) is 30.3 Å². The minimum atomic E-state index is -0.481. The molecular weight excluding hydrogens is 430 g/mol. The lowest BCUT2D eigenvalue weighted by molar-refractivity contribution is -0.113. The summed E-state index contributed by atoms with van der Waals surface area (Å²) in [6.45, 7) is 0. The first-order valence-corrected chi connectivity index (χ1v) is 10.5. The molecule has 8 nitrogen and oxygen atoms in total. The molecule has 166 valence electrons. The van der Waals surface area contributed by atoms with Crippen LogP contribution in [-0.4, -0.2) is 26.2 Å². The number of aromatic nitrogens is 3. The third-order valence-electron chi connectivity index (χ3n) is 5.03. The molecular formula is C26H19N5O3. The number of fused-ring (bicyclic) bond motifs is 1. The van der Waals surface area contributed by atoms with Gasteiger partial charge in [0.15, 0.2) is 0 Å². The van der Waals surface area contributed by atoms with Crippen LogP contribution < -0.4 is 10.6 Å². The second-order valence-electron chi connectivity index (χ2n) is 7.38. The fourth-order valence-corrected chi connectivity index (χ4v) is 3.35. The molecule has 2 aromatic carbocycles. The molecule has 3 aromatic heterocycles. The van der Waals surface area contributed by atoms with Crippen LogP contribution in [0.15, 0.2) is 108 Å². The molecule has 0 unspecified atom stereocenters. The number of hydrogen-bond donors (Lipinski definition) is 2. The van der Waals surface area contributed by atoms with Crippen LogP contribution in [0.3, 0.4) is 0 Å². The minimum Gasteiger partial charge on any atom is -0.465 e. The molecule has 0 spiro atoms. The van der Waals surface area contributed by atoms with E-state index in [1.54, 1.807) is 54.7 Å². The van der Waals surface area contributed by atoms with E-state index in [4.69, 9.17) is 4.42 Å². The molecule has 0 atom stereocenters. The second kappa shape index (κ2) is 9.25. The summed E-state index contributed by atoms with van der Waals surface area (Å²) in [5, 5.41) is 5.49. The van der Waals surface area contributed by atoms with Crippen LogP contribution in [0.2, 0.25) is 0 Å². The van der Waals surface area contributed by atoms with Crippen LogP contribution in [0.4, 0.5) is 5.69 Å². The fraction of sp³-hybridized carbons (Fsp3) is 0. The number of amides is 2. The number of nitrogens with one attached hydrogen (secondary N) is 2. The lowest BCUT2D eigenvalue weighted by Gasteiger charge is -2.11. The smallest absolute Gasteiger partial charge is 0.272 e. The average molecular weight is 449 g/mol. The number of hydrogen-bond acceptors (Lipinski definition) is 5. The molecule has 3 heterocycles. The highest BCUT2D eigenvalue weighted by atomic mass is 16.3. The van der Waals surface area contributed by atoms with Crippen molar-refractivity contribution in [2.75, 3.05) is 5.32 Å². The molecule has 0 radical (unpaired) electrons. The van der Waals surface area contributed by atoms with Crippen LogP contribution in [0.1, 0.15) is 16.1 Å². The monoisotopic (exact) mass is 449 g/mol. The van der Waals surface area contributed by atoms with Gasteiger partial charge < -0.3 is 15.1 Å². The van der Waals surface area contributed by atoms with Gasteiger partial charge in [0.05, 0.1) is 12.0 Å². The summed E-state index contributed by atoms with van der Waals surface area (Å²) in [7, 11) is 0. The van der Waals surface area contributed by atoms with Crippen molar-refractivity contribution in [3.8, 4) is 11.3 Å². The fourth-order valence-electron chi connectivity index (χ4n) is 3.35. The molecule has 5 rings (SSSR count). The van der Waals surface area contributed by atoms with E-state index in [2.05, 4.69) is 20.6 Å². The second-order valence-corrected chi connectivity index (χ2v) is 7.38. The summed E-state index contributed by atoms with van der Waals surface area (Å²) >= 11 is 0. The number of imidazole rings is 1. The predicted octanol–water partition coefficient (Wildman–Crippen LogP) is 4.40. The number of benzene rings is 2. The normalized spacial score (nSPS) is 11.4. The first-order chi connectivity index (χ1) is 16.7. The van der Waals surface area contributed by atoms with Gasteiger partial charge >= 0.3 is 0 Å². The summed E-state index contributed by atoms with van der Waals surface area (Å²) in [5.41, 5.74) is 2.71. The Bertz CT molecular complexity index is 1440. The van der Waals surface area contributed by atoms with Crippen molar-refractivity contribution >= 4 is 29.4 Å². The number of furan rings is 1. The van der Waals surface area contributed by atoms with Gasteiger partial charge in [-0.2, -0.15) is 0 Å². The first-order valence-electron chi connectivity index (χ1n) is 10.5. The Labute approximate surface area is 194 Å². The van der Waals surface area contributed by atoms with Gasteiger partial charge in [0, 0.05) is 41.5 Å². The first kappa shape index (κ1) is 20.9. The molecule has 0 bridgehead atoms. The number of rotatable bonds is 6. The molecule has 0 saturated heterocycles. The van der Waals surface area contributed by atoms with E-state index in [0.29, 0.717) is 22.8 Å². The highest BCUT2D eigenvalue weighted by Crippen LogP contribution is 2.21. The molecule has 8 heteroatoms. The molecule has 34 heavy (non-hydrogen) atoms. The lowest BCUT2D eigenvalue weighted by Crippen LogP contribution is -2.30. The van der Waals surface area contributed by atoms with E-state index in [1.165, 1.54) is 12.3 Å². The number of anilines is 1. The maximum Gasteiger partial charge on any atom is 0.272 e. The van der Waals surface area contributed by atoms with E-state index in [0.717, 1.165) is 11.3 Å². The Balaban J connectivity index is 1.35. The average Bonchev–Trinajstić information content (AvgIpc) is 3.54. The summed E-state index contributed by atoms with van der Waals surface area (Å²) < 4.78 is 7.16. The van der Waals surface area contributed by atoms with E-state index in [9.17, 15) is 9.59 Å². The van der Waals surface area contributed by atoms with Crippen molar-refractivity contribution in [2.45, 2.75) is 0 Å². The van der Waals surface area contributed by atoms with Gasteiger partial charge in [-0.15, -0.1) is 0 Å². The van der Waals surface area contributed by atoms with Crippen LogP contribution in [-0.2, 0) is 4.79 Å². The van der Waals surface area contributed by atoms with E-state index in [-0.39, 0.29) is 5.70 Å². The summed E-state index contributed by atoms with van der Waals surface area (Å²) in [6.07, 6.45) is 8.43. The molecule has 2 amide bonds. The van der Waals surface area contributed by atoms with Gasteiger partial charge in [0.2, 0.25) is 5.78 Å². The minimum absolute atomic E-state index is 0.0549. The predicted molar refractivity (Wildman–Crippen MR) is 128 cm³/mol. The van der Waals surface area contributed by atoms with Crippen molar-refractivity contribution < 1.29 is 14.0 Å². The molecule has 0 fully saturated rings. The zero-order valence-electron chi connectivity index (χ0n) is 17.9. The Kier molecular flexibility index (Phi) is 5.69. The zero-order valence-corrected chi connectivity index (χ0v) is 17.9. The van der Waals surface area contributed by atoms with Gasteiger partial charge in [0.25, 0.3) is 11.8 Å².